The van der Waals surface area contributed by atoms with Gasteiger partial charge in [-0.1, -0.05) is 48.5 Å². The minimum atomic E-state index is -0.313. The van der Waals surface area contributed by atoms with Crippen molar-refractivity contribution in [2.24, 2.45) is 0 Å². The van der Waals surface area contributed by atoms with Crippen LogP contribution < -0.4 is 9.47 Å². The molecule has 1 atom stereocenters. The van der Waals surface area contributed by atoms with Gasteiger partial charge in [0, 0.05) is 23.1 Å². The van der Waals surface area contributed by atoms with Crippen molar-refractivity contribution in [3.63, 3.8) is 0 Å². The summed E-state index contributed by atoms with van der Waals surface area (Å²) in [7, 11) is 0. The Morgan fingerprint density at radius 1 is 1.04 bits per heavy atom. The van der Waals surface area contributed by atoms with E-state index in [0.29, 0.717) is 12.4 Å². The van der Waals surface area contributed by atoms with Gasteiger partial charge in [-0.2, -0.15) is 0 Å². The minimum absolute atomic E-state index is 0.0753. The fourth-order valence-corrected chi connectivity index (χ4v) is 3.45. The molecule has 1 N–H and O–H groups in total. The van der Waals surface area contributed by atoms with Crippen LogP contribution in [0.3, 0.4) is 0 Å². The van der Waals surface area contributed by atoms with Crippen molar-refractivity contribution in [3.05, 3.63) is 89.0 Å². The van der Waals surface area contributed by atoms with Crippen LogP contribution in [0.2, 0.25) is 0 Å². The molecule has 0 radical (unpaired) electrons. The first kappa shape index (κ1) is 17.2. The maximum Gasteiger partial charge on any atom is 0.312 e. The largest absolute Gasteiger partial charge is 0.508 e. The minimum Gasteiger partial charge on any atom is -0.508 e. The summed E-state index contributed by atoms with van der Waals surface area (Å²) in [5.74, 6) is 0.748. The number of esters is 1. The Morgan fingerprint density at radius 2 is 1.81 bits per heavy atom. The fourth-order valence-electron chi connectivity index (χ4n) is 3.45. The molecule has 4 rings (SSSR count). The number of aryl methyl sites for hydroxylation is 1. The predicted molar refractivity (Wildman–Crippen MR) is 102 cm³/mol. The molecule has 0 aliphatic carbocycles. The summed E-state index contributed by atoms with van der Waals surface area (Å²) in [6, 6.07) is 20.8. The summed E-state index contributed by atoms with van der Waals surface area (Å²) in [6.07, 6.45) is 0.239. The highest BCUT2D eigenvalue weighted by Gasteiger charge is 2.30. The Balaban J connectivity index is 1.67. The van der Waals surface area contributed by atoms with Gasteiger partial charge >= 0.3 is 5.97 Å². The van der Waals surface area contributed by atoms with Crippen LogP contribution >= 0.6 is 0 Å². The van der Waals surface area contributed by atoms with Crippen molar-refractivity contribution in [1.82, 2.24) is 0 Å². The highest BCUT2D eigenvalue weighted by Crippen LogP contribution is 2.43. The number of benzene rings is 3. The van der Waals surface area contributed by atoms with Crippen LogP contribution in [-0.2, 0) is 11.4 Å². The van der Waals surface area contributed by atoms with Gasteiger partial charge in [-0.3, -0.25) is 4.79 Å². The number of phenols is 1. The summed E-state index contributed by atoms with van der Waals surface area (Å²) < 4.78 is 11.4. The average Bonchev–Trinajstić information content (AvgIpc) is 2.66. The van der Waals surface area contributed by atoms with E-state index in [2.05, 4.69) is 13.0 Å². The van der Waals surface area contributed by atoms with E-state index < -0.39 is 0 Å². The second-order valence-electron chi connectivity index (χ2n) is 6.71. The smallest absolute Gasteiger partial charge is 0.312 e. The SMILES string of the molecule is Cc1ccccc1COc1ccccc1C1CC(=O)Oc2cc(O)ccc21. The van der Waals surface area contributed by atoms with Crippen molar-refractivity contribution in [2.45, 2.75) is 25.9 Å². The Bertz CT molecular complexity index is 993. The third kappa shape index (κ3) is 3.51. The zero-order chi connectivity index (χ0) is 18.8. The molecule has 0 fully saturated rings. The van der Waals surface area contributed by atoms with E-state index in [-0.39, 0.29) is 24.1 Å². The van der Waals surface area contributed by atoms with Gasteiger partial charge in [0.15, 0.2) is 0 Å². The molecule has 3 aromatic carbocycles. The molecule has 3 aromatic rings. The number of phenolic OH excluding ortho intramolecular Hbond substituents is 1. The van der Waals surface area contributed by atoms with Gasteiger partial charge in [0.1, 0.15) is 23.9 Å². The fraction of sp³-hybridized carbons (Fsp3) is 0.174. The summed E-state index contributed by atoms with van der Waals surface area (Å²) >= 11 is 0. The molecule has 27 heavy (non-hydrogen) atoms. The standard InChI is InChI=1S/C23H20O4/c1-15-6-2-3-7-16(15)14-26-21-9-5-4-8-18(21)20-13-23(25)27-22-12-17(24)10-11-19(20)22/h2-12,20,24H,13-14H2,1H3. The number of carbonyl (C=O) groups excluding carboxylic acids is 1. The zero-order valence-corrected chi connectivity index (χ0v) is 15.0. The molecule has 0 saturated carbocycles. The lowest BCUT2D eigenvalue weighted by atomic mass is 9.86. The number of rotatable bonds is 4. The Labute approximate surface area is 158 Å². The maximum absolute atomic E-state index is 12.1. The molecule has 0 bridgehead atoms. The molecular formula is C23H20O4. The quantitative estimate of drug-likeness (QED) is 0.540. The maximum atomic E-state index is 12.1. The van der Waals surface area contributed by atoms with Gasteiger partial charge in [0.25, 0.3) is 0 Å². The van der Waals surface area contributed by atoms with Crippen molar-refractivity contribution < 1.29 is 19.4 Å². The topological polar surface area (TPSA) is 55.8 Å². The number of hydrogen-bond acceptors (Lipinski definition) is 4. The zero-order valence-electron chi connectivity index (χ0n) is 15.0. The predicted octanol–water partition coefficient (Wildman–Crippen LogP) is 4.72. The highest BCUT2D eigenvalue weighted by molar-refractivity contribution is 5.78. The summed E-state index contributed by atoms with van der Waals surface area (Å²) in [5, 5.41) is 9.71. The molecule has 0 spiro atoms. The van der Waals surface area contributed by atoms with Crippen LogP contribution in [0.1, 0.15) is 34.6 Å². The Kier molecular flexibility index (Phi) is 4.55. The van der Waals surface area contributed by atoms with Crippen LogP contribution in [0.5, 0.6) is 17.2 Å². The van der Waals surface area contributed by atoms with E-state index in [1.54, 1.807) is 12.1 Å². The first-order chi connectivity index (χ1) is 13.1. The lowest BCUT2D eigenvalue weighted by Gasteiger charge is -2.26. The van der Waals surface area contributed by atoms with E-state index in [0.717, 1.165) is 22.4 Å². The van der Waals surface area contributed by atoms with Crippen LogP contribution in [0.25, 0.3) is 0 Å². The number of carbonyl (C=O) groups is 1. The van der Waals surface area contributed by atoms with E-state index in [9.17, 15) is 9.90 Å². The van der Waals surface area contributed by atoms with Gasteiger partial charge in [0.05, 0.1) is 6.42 Å². The van der Waals surface area contributed by atoms with Crippen molar-refractivity contribution in [1.29, 1.82) is 0 Å². The second kappa shape index (κ2) is 7.16. The van der Waals surface area contributed by atoms with Gasteiger partial charge in [-0.25, -0.2) is 0 Å². The van der Waals surface area contributed by atoms with E-state index in [1.807, 2.05) is 42.5 Å². The van der Waals surface area contributed by atoms with Gasteiger partial charge in [0.2, 0.25) is 0 Å². The monoisotopic (exact) mass is 360 g/mol. The van der Waals surface area contributed by atoms with Crippen molar-refractivity contribution in [3.8, 4) is 17.2 Å². The molecule has 1 aliphatic rings. The third-order valence-electron chi connectivity index (χ3n) is 4.91. The molecule has 0 aromatic heterocycles. The average molecular weight is 360 g/mol. The van der Waals surface area contributed by atoms with E-state index >= 15 is 0 Å². The number of fused-ring (bicyclic) bond motifs is 1. The van der Waals surface area contributed by atoms with E-state index in [4.69, 9.17) is 9.47 Å². The molecule has 136 valence electrons. The number of ether oxygens (including phenoxy) is 2. The Morgan fingerprint density at radius 3 is 2.67 bits per heavy atom. The molecule has 4 nitrogen and oxygen atoms in total. The van der Waals surface area contributed by atoms with Crippen LogP contribution in [0.15, 0.2) is 66.7 Å². The molecule has 1 heterocycles. The highest BCUT2D eigenvalue weighted by atomic mass is 16.5. The molecule has 0 saturated heterocycles. The Hall–Kier alpha value is -3.27. The molecular weight excluding hydrogens is 340 g/mol. The lowest BCUT2D eigenvalue weighted by molar-refractivity contribution is -0.135. The molecule has 1 unspecified atom stereocenters. The summed E-state index contributed by atoms with van der Waals surface area (Å²) in [5.41, 5.74) is 4.12. The van der Waals surface area contributed by atoms with Gasteiger partial charge < -0.3 is 14.6 Å². The third-order valence-corrected chi connectivity index (χ3v) is 4.91. The number of aromatic hydroxyl groups is 1. The van der Waals surface area contributed by atoms with Crippen LogP contribution in [0, 0.1) is 6.92 Å². The van der Waals surface area contributed by atoms with Crippen molar-refractivity contribution in [2.75, 3.05) is 0 Å². The second-order valence-corrected chi connectivity index (χ2v) is 6.71. The van der Waals surface area contributed by atoms with Crippen LogP contribution in [0.4, 0.5) is 0 Å². The molecule has 0 amide bonds. The first-order valence-electron chi connectivity index (χ1n) is 8.91. The number of para-hydroxylation sites is 1. The molecule has 1 aliphatic heterocycles. The first-order valence-corrected chi connectivity index (χ1v) is 8.91. The summed E-state index contributed by atoms with van der Waals surface area (Å²) in [4.78, 5) is 12.1. The van der Waals surface area contributed by atoms with Crippen molar-refractivity contribution >= 4 is 5.97 Å². The molecule has 4 heteroatoms. The lowest BCUT2D eigenvalue weighted by Crippen LogP contribution is -2.21. The summed E-state index contributed by atoms with van der Waals surface area (Å²) in [6.45, 7) is 2.52. The van der Waals surface area contributed by atoms with Gasteiger partial charge in [-0.05, 0) is 30.2 Å². The number of hydrogen-bond donors (Lipinski definition) is 1. The van der Waals surface area contributed by atoms with Crippen LogP contribution in [-0.4, -0.2) is 11.1 Å². The van der Waals surface area contributed by atoms with E-state index in [1.165, 1.54) is 11.6 Å². The van der Waals surface area contributed by atoms with Gasteiger partial charge in [-0.15, -0.1) is 0 Å². The normalized spacial score (nSPS) is 15.7.